The summed E-state index contributed by atoms with van der Waals surface area (Å²) < 4.78 is 4.97. The quantitative estimate of drug-likeness (QED) is 0.672. The minimum absolute atomic E-state index is 0.0195. The zero-order valence-electron chi connectivity index (χ0n) is 10.5. The van der Waals surface area contributed by atoms with Crippen LogP contribution in [-0.4, -0.2) is 18.0 Å². The standard InChI is InChI=1S/C16H14O3/c1-19-16-11-13(8-10-15(16)18)14(17)9-7-12-5-3-2-4-6-12/h2-11,18H,1H3/b9-7+. The van der Waals surface area contributed by atoms with Gasteiger partial charge in [-0.25, -0.2) is 0 Å². The van der Waals surface area contributed by atoms with Gasteiger partial charge < -0.3 is 9.84 Å². The number of benzene rings is 2. The first-order chi connectivity index (χ1) is 9.20. The zero-order valence-corrected chi connectivity index (χ0v) is 10.5. The molecule has 96 valence electrons. The van der Waals surface area contributed by atoms with Crippen LogP contribution in [0.2, 0.25) is 0 Å². The number of allylic oxidation sites excluding steroid dienone is 1. The molecular formula is C16H14O3. The Morgan fingerprint density at radius 2 is 1.89 bits per heavy atom. The average molecular weight is 254 g/mol. The fraction of sp³-hybridized carbons (Fsp3) is 0.0625. The summed E-state index contributed by atoms with van der Waals surface area (Å²) in [5, 5.41) is 9.47. The second-order valence-corrected chi connectivity index (χ2v) is 3.99. The summed E-state index contributed by atoms with van der Waals surface area (Å²) in [4.78, 5) is 12.0. The van der Waals surface area contributed by atoms with Crippen LogP contribution in [0.4, 0.5) is 0 Å². The molecule has 0 saturated carbocycles. The molecule has 0 heterocycles. The number of ether oxygens (including phenoxy) is 1. The van der Waals surface area contributed by atoms with E-state index in [-0.39, 0.29) is 11.5 Å². The van der Waals surface area contributed by atoms with Gasteiger partial charge in [-0.15, -0.1) is 0 Å². The van der Waals surface area contributed by atoms with Crippen molar-refractivity contribution in [3.8, 4) is 11.5 Å². The van der Waals surface area contributed by atoms with Crippen LogP contribution in [0.5, 0.6) is 11.5 Å². The van der Waals surface area contributed by atoms with Crippen LogP contribution in [0.25, 0.3) is 6.08 Å². The number of phenolic OH excluding ortho intramolecular Hbond substituents is 1. The molecule has 0 fully saturated rings. The number of phenols is 1. The fourth-order valence-corrected chi connectivity index (χ4v) is 1.66. The molecule has 0 aliphatic heterocycles. The third-order valence-electron chi connectivity index (χ3n) is 2.69. The van der Waals surface area contributed by atoms with E-state index in [9.17, 15) is 9.90 Å². The zero-order chi connectivity index (χ0) is 13.7. The molecule has 3 heteroatoms. The third-order valence-corrected chi connectivity index (χ3v) is 2.69. The normalized spacial score (nSPS) is 10.6. The number of rotatable bonds is 4. The van der Waals surface area contributed by atoms with Crippen LogP contribution in [0.1, 0.15) is 15.9 Å². The van der Waals surface area contributed by atoms with Crippen molar-refractivity contribution in [2.45, 2.75) is 0 Å². The van der Waals surface area contributed by atoms with Crippen LogP contribution >= 0.6 is 0 Å². The Kier molecular flexibility index (Phi) is 3.98. The molecule has 0 unspecified atom stereocenters. The lowest BCUT2D eigenvalue weighted by molar-refractivity contribution is 0.104. The van der Waals surface area contributed by atoms with E-state index in [0.29, 0.717) is 11.3 Å². The van der Waals surface area contributed by atoms with E-state index < -0.39 is 0 Å². The first-order valence-corrected chi connectivity index (χ1v) is 5.85. The maximum absolute atomic E-state index is 12.0. The van der Waals surface area contributed by atoms with Crippen LogP contribution in [-0.2, 0) is 0 Å². The number of hydrogen-bond acceptors (Lipinski definition) is 3. The molecule has 0 amide bonds. The van der Waals surface area contributed by atoms with Gasteiger partial charge in [0.15, 0.2) is 17.3 Å². The molecule has 0 spiro atoms. The van der Waals surface area contributed by atoms with E-state index in [4.69, 9.17) is 4.74 Å². The van der Waals surface area contributed by atoms with E-state index in [1.54, 1.807) is 12.1 Å². The molecule has 3 nitrogen and oxygen atoms in total. The Morgan fingerprint density at radius 3 is 2.58 bits per heavy atom. The molecule has 2 rings (SSSR count). The summed E-state index contributed by atoms with van der Waals surface area (Å²) >= 11 is 0. The molecule has 2 aromatic rings. The van der Waals surface area contributed by atoms with Crippen LogP contribution < -0.4 is 4.74 Å². The Bertz CT molecular complexity index is 601. The summed E-state index contributed by atoms with van der Waals surface area (Å²) in [5.74, 6) is 0.173. The summed E-state index contributed by atoms with van der Waals surface area (Å²) in [6, 6.07) is 14.1. The highest BCUT2D eigenvalue weighted by Gasteiger charge is 2.07. The van der Waals surface area contributed by atoms with Gasteiger partial charge in [-0.3, -0.25) is 4.79 Å². The van der Waals surface area contributed by atoms with Crippen molar-refractivity contribution in [2.75, 3.05) is 7.11 Å². The second kappa shape index (κ2) is 5.87. The number of carbonyl (C=O) groups excluding carboxylic acids is 1. The molecule has 0 saturated heterocycles. The molecule has 2 aromatic carbocycles. The van der Waals surface area contributed by atoms with Gasteiger partial charge in [0, 0.05) is 5.56 Å². The van der Waals surface area contributed by atoms with Gasteiger partial charge in [0.2, 0.25) is 0 Å². The summed E-state index contributed by atoms with van der Waals surface area (Å²) in [5.41, 5.74) is 1.43. The van der Waals surface area contributed by atoms with Gasteiger partial charge in [0.1, 0.15) is 0 Å². The number of aromatic hydroxyl groups is 1. The Balaban J connectivity index is 2.18. The Labute approximate surface area is 111 Å². The van der Waals surface area contributed by atoms with Crippen molar-refractivity contribution in [1.82, 2.24) is 0 Å². The summed E-state index contributed by atoms with van der Waals surface area (Å²) in [7, 11) is 1.45. The first-order valence-electron chi connectivity index (χ1n) is 5.85. The van der Waals surface area contributed by atoms with Gasteiger partial charge in [-0.05, 0) is 29.8 Å². The topological polar surface area (TPSA) is 46.5 Å². The highest BCUT2D eigenvalue weighted by molar-refractivity contribution is 6.07. The molecular weight excluding hydrogens is 240 g/mol. The Hall–Kier alpha value is -2.55. The smallest absolute Gasteiger partial charge is 0.185 e. The van der Waals surface area contributed by atoms with Gasteiger partial charge >= 0.3 is 0 Å². The summed E-state index contributed by atoms with van der Waals surface area (Å²) in [6.45, 7) is 0. The SMILES string of the molecule is COc1cc(C(=O)/C=C/c2ccccc2)ccc1O. The van der Waals surface area contributed by atoms with Crippen molar-refractivity contribution in [2.24, 2.45) is 0 Å². The predicted molar refractivity (Wildman–Crippen MR) is 74.5 cm³/mol. The van der Waals surface area contributed by atoms with E-state index in [0.717, 1.165) is 5.56 Å². The molecule has 0 bridgehead atoms. The average Bonchev–Trinajstić information content (AvgIpc) is 2.46. The maximum Gasteiger partial charge on any atom is 0.185 e. The van der Waals surface area contributed by atoms with Crippen molar-refractivity contribution in [3.63, 3.8) is 0 Å². The van der Waals surface area contributed by atoms with E-state index in [2.05, 4.69) is 0 Å². The molecule has 1 N–H and O–H groups in total. The Morgan fingerprint density at radius 1 is 1.16 bits per heavy atom. The largest absolute Gasteiger partial charge is 0.504 e. The van der Waals surface area contributed by atoms with Crippen molar-refractivity contribution in [3.05, 3.63) is 65.7 Å². The van der Waals surface area contributed by atoms with Gasteiger partial charge in [-0.1, -0.05) is 36.4 Å². The fourth-order valence-electron chi connectivity index (χ4n) is 1.66. The minimum atomic E-state index is -0.137. The number of methoxy groups -OCH3 is 1. The maximum atomic E-state index is 12.0. The minimum Gasteiger partial charge on any atom is -0.504 e. The van der Waals surface area contributed by atoms with Crippen LogP contribution in [0.3, 0.4) is 0 Å². The molecule has 0 atom stereocenters. The van der Waals surface area contributed by atoms with Crippen LogP contribution in [0, 0.1) is 0 Å². The highest BCUT2D eigenvalue weighted by atomic mass is 16.5. The van der Waals surface area contributed by atoms with E-state index >= 15 is 0 Å². The van der Waals surface area contributed by atoms with Crippen molar-refractivity contribution >= 4 is 11.9 Å². The van der Waals surface area contributed by atoms with Gasteiger partial charge in [0.25, 0.3) is 0 Å². The third kappa shape index (κ3) is 3.22. The lowest BCUT2D eigenvalue weighted by atomic mass is 10.1. The predicted octanol–water partition coefficient (Wildman–Crippen LogP) is 3.30. The lowest BCUT2D eigenvalue weighted by Gasteiger charge is -2.04. The highest BCUT2D eigenvalue weighted by Crippen LogP contribution is 2.26. The number of hydrogen-bond donors (Lipinski definition) is 1. The second-order valence-electron chi connectivity index (χ2n) is 3.99. The molecule has 0 aliphatic carbocycles. The summed E-state index contributed by atoms with van der Waals surface area (Å²) in [6.07, 6.45) is 3.25. The molecule has 0 aromatic heterocycles. The van der Waals surface area contributed by atoms with E-state index in [1.807, 2.05) is 30.3 Å². The molecule has 0 aliphatic rings. The molecule has 0 radical (unpaired) electrons. The van der Waals surface area contributed by atoms with Crippen molar-refractivity contribution < 1.29 is 14.6 Å². The number of carbonyl (C=O) groups is 1. The number of ketones is 1. The lowest BCUT2D eigenvalue weighted by Crippen LogP contribution is -1.95. The van der Waals surface area contributed by atoms with Gasteiger partial charge in [-0.2, -0.15) is 0 Å². The van der Waals surface area contributed by atoms with Crippen LogP contribution in [0.15, 0.2) is 54.6 Å². The molecule has 19 heavy (non-hydrogen) atoms. The monoisotopic (exact) mass is 254 g/mol. The first kappa shape index (κ1) is 12.9. The van der Waals surface area contributed by atoms with E-state index in [1.165, 1.54) is 25.3 Å². The van der Waals surface area contributed by atoms with Gasteiger partial charge in [0.05, 0.1) is 7.11 Å². The van der Waals surface area contributed by atoms with Crippen molar-refractivity contribution in [1.29, 1.82) is 0 Å².